The Morgan fingerprint density at radius 3 is 2.58 bits per heavy atom. The van der Waals surface area contributed by atoms with Gasteiger partial charge in [-0.25, -0.2) is 0 Å². The van der Waals surface area contributed by atoms with Gasteiger partial charge in [0.05, 0.1) is 33.0 Å². The molecule has 0 bridgehead atoms. The molecule has 4 rings (SSSR count). The lowest BCUT2D eigenvalue weighted by Gasteiger charge is -2.51. The van der Waals surface area contributed by atoms with Crippen LogP contribution in [0.15, 0.2) is 59.6 Å². The van der Waals surface area contributed by atoms with Crippen molar-refractivity contribution in [2.24, 2.45) is 11.3 Å². The minimum absolute atomic E-state index is 0.000428. The highest BCUT2D eigenvalue weighted by Crippen LogP contribution is 2.50. The largest absolute Gasteiger partial charge is 0.468 e. The SMILES string of the molecule is CCCCCCCCN1C(=O)[C@@H](CC(=O)NCc2cccs2)C[C@@]2(C(=O)OC)C1=C[C@H](COCc1ccccc1)O[C@@H]2C. The molecule has 1 fully saturated rings. The summed E-state index contributed by atoms with van der Waals surface area (Å²) < 4.78 is 17.7. The number of hydrogen-bond acceptors (Lipinski definition) is 7. The van der Waals surface area contributed by atoms with Gasteiger partial charge < -0.3 is 24.4 Å². The summed E-state index contributed by atoms with van der Waals surface area (Å²) in [5, 5.41) is 4.91. The van der Waals surface area contributed by atoms with E-state index in [1.165, 1.54) is 20.0 Å². The first kappa shape index (κ1) is 32.9. The fourth-order valence-electron chi connectivity index (χ4n) is 6.19. The van der Waals surface area contributed by atoms with E-state index < -0.39 is 29.5 Å². The zero-order chi connectivity index (χ0) is 30.7. The van der Waals surface area contributed by atoms with Crippen LogP contribution in [-0.2, 0) is 41.7 Å². The fraction of sp³-hybridized carbons (Fsp3) is 0.559. The van der Waals surface area contributed by atoms with Crippen molar-refractivity contribution in [1.82, 2.24) is 10.2 Å². The van der Waals surface area contributed by atoms with Gasteiger partial charge in [-0.3, -0.25) is 14.4 Å². The van der Waals surface area contributed by atoms with Gasteiger partial charge in [0.1, 0.15) is 11.5 Å². The maximum Gasteiger partial charge on any atom is 0.320 e. The number of amides is 2. The maximum absolute atomic E-state index is 14.1. The highest BCUT2D eigenvalue weighted by Gasteiger charge is 2.59. The highest BCUT2D eigenvalue weighted by atomic mass is 32.1. The Labute approximate surface area is 259 Å². The van der Waals surface area contributed by atoms with Crippen LogP contribution in [-0.4, -0.2) is 55.2 Å². The number of carbonyl (C=O) groups excluding carboxylic acids is 3. The van der Waals surface area contributed by atoms with Crippen molar-refractivity contribution in [2.45, 2.75) is 90.6 Å². The third kappa shape index (κ3) is 8.34. The maximum atomic E-state index is 14.1. The van der Waals surface area contributed by atoms with Crippen LogP contribution < -0.4 is 5.32 Å². The fourth-order valence-corrected chi connectivity index (χ4v) is 6.84. The van der Waals surface area contributed by atoms with Gasteiger partial charge in [-0.15, -0.1) is 11.3 Å². The van der Waals surface area contributed by atoms with E-state index in [1.54, 1.807) is 16.2 Å². The van der Waals surface area contributed by atoms with Crippen molar-refractivity contribution < 1.29 is 28.6 Å². The third-order valence-electron chi connectivity index (χ3n) is 8.50. The summed E-state index contributed by atoms with van der Waals surface area (Å²) in [5.74, 6) is -1.45. The van der Waals surface area contributed by atoms with E-state index in [4.69, 9.17) is 14.2 Å². The van der Waals surface area contributed by atoms with E-state index in [9.17, 15) is 14.4 Å². The molecule has 3 heterocycles. The number of likely N-dealkylation sites (tertiary alicyclic amines) is 1. The third-order valence-corrected chi connectivity index (χ3v) is 9.37. The molecular weight excluding hydrogens is 564 g/mol. The molecular formula is C34H46N2O6S. The molecule has 9 heteroatoms. The van der Waals surface area contributed by atoms with Gasteiger partial charge in [-0.05, 0) is 42.9 Å². The van der Waals surface area contributed by atoms with Gasteiger partial charge in [-0.2, -0.15) is 0 Å². The summed E-state index contributed by atoms with van der Waals surface area (Å²) in [5.41, 5.74) is 0.486. The van der Waals surface area contributed by atoms with Crippen LogP contribution in [0.1, 0.15) is 75.7 Å². The first-order valence-electron chi connectivity index (χ1n) is 15.6. The number of fused-ring (bicyclic) bond motifs is 1. The van der Waals surface area contributed by atoms with E-state index in [-0.39, 0.29) is 31.3 Å². The van der Waals surface area contributed by atoms with Crippen LogP contribution in [0, 0.1) is 11.3 Å². The monoisotopic (exact) mass is 610 g/mol. The highest BCUT2D eigenvalue weighted by molar-refractivity contribution is 7.09. The molecule has 1 N–H and O–H groups in total. The molecule has 2 aromatic rings. The number of esters is 1. The zero-order valence-electron chi connectivity index (χ0n) is 25.7. The number of methoxy groups -OCH3 is 1. The number of carbonyl (C=O) groups is 3. The number of benzene rings is 1. The summed E-state index contributed by atoms with van der Waals surface area (Å²) in [7, 11) is 1.37. The molecule has 4 atom stereocenters. The molecule has 0 radical (unpaired) electrons. The number of rotatable bonds is 16. The lowest BCUT2D eigenvalue weighted by Crippen LogP contribution is -2.60. The van der Waals surface area contributed by atoms with Crippen LogP contribution in [0.4, 0.5) is 0 Å². The Balaban J connectivity index is 1.55. The number of hydrogen-bond donors (Lipinski definition) is 1. The summed E-state index contributed by atoms with van der Waals surface area (Å²) in [6.45, 7) is 5.66. The second-order valence-corrected chi connectivity index (χ2v) is 12.6. The van der Waals surface area contributed by atoms with Crippen LogP contribution in [0.2, 0.25) is 0 Å². The van der Waals surface area contributed by atoms with Crippen molar-refractivity contribution >= 4 is 29.1 Å². The van der Waals surface area contributed by atoms with Crippen molar-refractivity contribution in [2.75, 3.05) is 20.3 Å². The van der Waals surface area contributed by atoms with Crippen LogP contribution in [0.3, 0.4) is 0 Å². The number of ether oxygens (including phenoxy) is 3. The van der Waals surface area contributed by atoms with E-state index in [1.807, 2.05) is 60.8 Å². The summed E-state index contributed by atoms with van der Waals surface area (Å²) >= 11 is 1.57. The molecule has 1 aromatic heterocycles. The predicted octanol–water partition coefficient (Wildman–Crippen LogP) is 6.01. The minimum atomic E-state index is -1.19. The van der Waals surface area contributed by atoms with Crippen LogP contribution in [0.25, 0.3) is 0 Å². The topological polar surface area (TPSA) is 94.2 Å². The average Bonchev–Trinajstić information content (AvgIpc) is 3.54. The minimum Gasteiger partial charge on any atom is -0.468 e. The number of piperidine rings is 1. The molecule has 8 nitrogen and oxygen atoms in total. The van der Waals surface area contributed by atoms with Gasteiger partial charge in [-0.1, -0.05) is 75.4 Å². The molecule has 1 saturated heterocycles. The smallest absolute Gasteiger partial charge is 0.320 e. The summed E-state index contributed by atoms with van der Waals surface area (Å²) in [6.07, 6.45) is 7.45. The lowest BCUT2D eigenvalue weighted by atomic mass is 9.66. The van der Waals surface area contributed by atoms with E-state index in [0.717, 1.165) is 36.1 Å². The Hall–Kier alpha value is -3.01. The Morgan fingerprint density at radius 2 is 1.86 bits per heavy atom. The zero-order valence-corrected chi connectivity index (χ0v) is 26.5. The second-order valence-electron chi connectivity index (χ2n) is 11.6. The van der Waals surface area contributed by atoms with Gasteiger partial charge in [0, 0.05) is 29.5 Å². The molecule has 43 heavy (non-hydrogen) atoms. The van der Waals surface area contributed by atoms with Gasteiger partial charge in [0.15, 0.2) is 0 Å². The quantitative estimate of drug-likeness (QED) is 0.185. The lowest BCUT2D eigenvalue weighted by molar-refractivity contribution is -0.178. The Kier molecular flexibility index (Phi) is 12.4. The van der Waals surface area contributed by atoms with E-state index in [2.05, 4.69) is 12.2 Å². The molecule has 0 saturated carbocycles. The molecule has 1 aromatic carbocycles. The Morgan fingerprint density at radius 1 is 1.09 bits per heavy atom. The van der Waals surface area contributed by atoms with Crippen molar-refractivity contribution in [3.63, 3.8) is 0 Å². The first-order valence-corrected chi connectivity index (χ1v) is 16.4. The molecule has 0 unspecified atom stereocenters. The Bertz CT molecular complexity index is 1220. The van der Waals surface area contributed by atoms with E-state index >= 15 is 0 Å². The normalized spacial score (nSPS) is 23.4. The molecule has 2 aliphatic rings. The van der Waals surface area contributed by atoms with Gasteiger partial charge >= 0.3 is 5.97 Å². The second kappa shape index (κ2) is 16.2. The van der Waals surface area contributed by atoms with Crippen LogP contribution in [0.5, 0.6) is 0 Å². The van der Waals surface area contributed by atoms with Crippen molar-refractivity contribution in [3.05, 3.63) is 70.1 Å². The molecule has 0 aliphatic carbocycles. The first-order chi connectivity index (χ1) is 20.9. The summed E-state index contributed by atoms with van der Waals surface area (Å²) in [4.78, 5) is 43.5. The molecule has 2 aliphatic heterocycles. The number of nitrogens with one attached hydrogen (secondary N) is 1. The van der Waals surface area contributed by atoms with Gasteiger partial charge in [0.2, 0.25) is 11.8 Å². The summed E-state index contributed by atoms with van der Waals surface area (Å²) in [6, 6.07) is 13.8. The van der Waals surface area contributed by atoms with E-state index in [0.29, 0.717) is 25.4 Å². The van der Waals surface area contributed by atoms with Crippen LogP contribution >= 0.6 is 11.3 Å². The molecule has 234 valence electrons. The van der Waals surface area contributed by atoms with Crippen molar-refractivity contribution in [1.29, 1.82) is 0 Å². The molecule has 2 amide bonds. The molecule has 0 spiro atoms. The number of nitrogens with zero attached hydrogens (tertiary/aromatic N) is 1. The standard InChI is InChI=1S/C34H46N2O6S/c1-4-5-6-7-8-12-17-36-30-20-28(24-41-23-26-14-10-9-11-15-26)42-25(2)34(30,33(39)40-3)21-27(32(36)38)19-31(37)35-22-29-16-13-18-43-29/h9-11,13-16,18,20,25,27-28H,4-8,12,17,19,21-24H2,1-3H3,(H,35,37)/t25-,27+,28-,34+/m1/s1. The number of unbranched alkanes of at least 4 members (excludes halogenated alkanes) is 5. The number of thiophene rings is 1. The predicted molar refractivity (Wildman–Crippen MR) is 167 cm³/mol. The van der Waals surface area contributed by atoms with Crippen molar-refractivity contribution in [3.8, 4) is 0 Å². The average molecular weight is 611 g/mol. The van der Waals surface area contributed by atoms with Gasteiger partial charge in [0.25, 0.3) is 0 Å².